The van der Waals surface area contributed by atoms with Gasteiger partial charge in [-0.15, -0.1) is 0 Å². The first-order chi connectivity index (χ1) is 8.99. The van der Waals surface area contributed by atoms with Crippen LogP contribution >= 0.6 is 11.6 Å². The molecule has 2 rings (SSSR count). The van der Waals surface area contributed by atoms with Crippen LogP contribution in [0.3, 0.4) is 0 Å². The number of rotatable bonds is 3. The van der Waals surface area contributed by atoms with Gasteiger partial charge < -0.3 is 5.32 Å². The van der Waals surface area contributed by atoms with Crippen LogP contribution in [-0.2, 0) is 0 Å². The van der Waals surface area contributed by atoms with Crippen LogP contribution in [0.25, 0.3) is 0 Å². The molecule has 1 atom stereocenters. The zero-order chi connectivity index (χ0) is 14.0. The highest BCUT2D eigenvalue weighted by atomic mass is 35.5. The molecule has 0 saturated heterocycles. The minimum atomic E-state index is -0.589. The molecule has 2 aromatic rings. The summed E-state index contributed by atoms with van der Waals surface area (Å²) >= 11 is 6.03. The summed E-state index contributed by atoms with van der Waals surface area (Å²) in [6.45, 7) is 1.92. The minimum absolute atomic E-state index is 0.303. The fraction of sp³-hybridized carbons (Fsp3) is 0.200. The van der Waals surface area contributed by atoms with Crippen molar-refractivity contribution in [2.45, 2.75) is 13.0 Å². The van der Waals surface area contributed by atoms with Gasteiger partial charge in [-0.3, -0.25) is 0 Å². The van der Waals surface area contributed by atoms with Crippen molar-refractivity contribution in [2.75, 3.05) is 7.05 Å². The van der Waals surface area contributed by atoms with Crippen LogP contribution in [0, 0.1) is 18.6 Å². The van der Waals surface area contributed by atoms with Crippen molar-refractivity contribution >= 4 is 11.6 Å². The largest absolute Gasteiger partial charge is 0.309 e. The summed E-state index contributed by atoms with van der Waals surface area (Å²) in [6.07, 6.45) is 0. The van der Waals surface area contributed by atoms with Gasteiger partial charge >= 0.3 is 0 Å². The standard InChI is InChI=1S/C15H14ClF2N/c1-9-3-10(5-12(16)4-9)15(19-2)11-6-13(17)8-14(18)7-11/h3-8,15,19H,1-2H3. The Morgan fingerprint density at radius 2 is 1.53 bits per heavy atom. The molecule has 1 unspecified atom stereocenters. The van der Waals surface area contributed by atoms with Crippen molar-refractivity contribution in [2.24, 2.45) is 0 Å². The fourth-order valence-corrected chi connectivity index (χ4v) is 2.50. The van der Waals surface area contributed by atoms with Gasteiger partial charge in [-0.25, -0.2) is 8.78 Å². The van der Waals surface area contributed by atoms with Crippen LogP contribution in [0.1, 0.15) is 22.7 Å². The van der Waals surface area contributed by atoms with E-state index in [0.717, 1.165) is 17.2 Å². The quantitative estimate of drug-likeness (QED) is 0.887. The highest BCUT2D eigenvalue weighted by molar-refractivity contribution is 6.30. The SMILES string of the molecule is CNC(c1cc(F)cc(F)c1)c1cc(C)cc(Cl)c1. The van der Waals surface area contributed by atoms with Gasteiger partial charge in [0.2, 0.25) is 0 Å². The molecule has 0 spiro atoms. The monoisotopic (exact) mass is 281 g/mol. The second-order valence-electron chi connectivity index (χ2n) is 4.49. The van der Waals surface area contributed by atoms with E-state index in [1.54, 1.807) is 13.1 Å². The molecule has 0 aliphatic carbocycles. The van der Waals surface area contributed by atoms with Crippen molar-refractivity contribution in [3.05, 3.63) is 69.7 Å². The number of hydrogen-bond acceptors (Lipinski definition) is 1. The summed E-state index contributed by atoms with van der Waals surface area (Å²) < 4.78 is 26.6. The van der Waals surface area contributed by atoms with Crippen LogP contribution in [0.4, 0.5) is 8.78 Å². The summed E-state index contributed by atoms with van der Waals surface area (Å²) in [7, 11) is 1.74. The van der Waals surface area contributed by atoms with E-state index in [2.05, 4.69) is 5.32 Å². The Hall–Kier alpha value is -1.45. The maximum Gasteiger partial charge on any atom is 0.126 e. The summed E-state index contributed by atoms with van der Waals surface area (Å²) in [5.74, 6) is -1.18. The molecule has 4 heteroatoms. The van der Waals surface area contributed by atoms with Crippen LogP contribution in [0.5, 0.6) is 0 Å². The van der Waals surface area contributed by atoms with E-state index in [1.807, 2.05) is 19.1 Å². The predicted molar refractivity (Wildman–Crippen MR) is 73.4 cm³/mol. The molecule has 1 N–H and O–H groups in total. The molecule has 2 aromatic carbocycles. The van der Waals surface area contributed by atoms with E-state index in [9.17, 15) is 8.78 Å². The number of aryl methyl sites for hydroxylation is 1. The van der Waals surface area contributed by atoms with Gasteiger partial charge in [-0.1, -0.05) is 17.7 Å². The average molecular weight is 282 g/mol. The molecule has 0 fully saturated rings. The highest BCUT2D eigenvalue weighted by Crippen LogP contribution is 2.26. The van der Waals surface area contributed by atoms with Gasteiger partial charge in [-0.2, -0.15) is 0 Å². The smallest absolute Gasteiger partial charge is 0.126 e. The van der Waals surface area contributed by atoms with Crippen molar-refractivity contribution in [1.29, 1.82) is 0 Å². The molecular formula is C15H14ClF2N. The molecule has 0 aromatic heterocycles. The van der Waals surface area contributed by atoms with Gasteiger partial charge in [0.1, 0.15) is 11.6 Å². The summed E-state index contributed by atoms with van der Waals surface area (Å²) in [5, 5.41) is 3.66. The van der Waals surface area contributed by atoms with E-state index in [1.165, 1.54) is 12.1 Å². The molecule has 1 nitrogen and oxygen atoms in total. The zero-order valence-corrected chi connectivity index (χ0v) is 11.4. The lowest BCUT2D eigenvalue weighted by Gasteiger charge is -2.18. The molecule has 0 saturated carbocycles. The Morgan fingerprint density at radius 3 is 2.05 bits per heavy atom. The van der Waals surface area contributed by atoms with Crippen LogP contribution < -0.4 is 5.32 Å². The summed E-state index contributed by atoms with van der Waals surface area (Å²) in [6, 6.07) is 8.77. The summed E-state index contributed by atoms with van der Waals surface area (Å²) in [5.41, 5.74) is 2.40. The molecule has 100 valence electrons. The lowest BCUT2D eigenvalue weighted by molar-refractivity contribution is 0.571. The molecular weight excluding hydrogens is 268 g/mol. The third-order valence-electron chi connectivity index (χ3n) is 2.90. The third kappa shape index (κ3) is 3.31. The van der Waals surface area contributed by atoms with Gasteiger partial charge in [0.15, 0.2) is 0 Å². The number of nitrogens with one attached hydrogen (secondary N) is 1. The van der Waals surface area contributed by atoms with Gasteiger partial charge in [-0.05, 0) is 54.9 Å². The second-order valence-corrected chi connectivity index (χ2v) is 4.92. The topological polar surface area (TPSA) is 12.0 Å². The van der Waals surface area contributed by atoms with Gasteiger partial charge in [0.25, 0.3) is 0 Å². The van der Waals surface area contributed by atoms with Gasteiger partial charge in [0, 0.05) is 11.1 Å². The third-order valence-corrected chi connectivity index (χ3v) is 3.12. The fourth-order valence-electron chi connectivity index (χ4n) is 2.20. The minimum Gasteiger partial charge on any atom is -0.309 e. The van der Waals surface area contributed by atoms with Gasteiger partial charge in [0.05, 0.1) is 6.04 Å². The molecule has 0 radical (unpaired) electrons. The number of benzene rings is 2. The van der Waals surface area contributed by atoms with Crippen molar-refractivity contribution in [3.63, 3.8) is 0 Å². The lowest BCUT2D eigenvalue weighted by atomic mass is 9.97. The average Bonchev–Trinajstić information content (AvgIpc) is 2.27. The molecule has 0 bridgehead atoms. The summed E-state index contributed by atoms with van der Waals surface area (Å²) in [4.78, 5) is 0. The lowest BCUT2D eigenvalue weighted by Crippen LogP contribution is -2.18. The molecule has 0 amide bonds. The first-order valence-corrected chi connectivity index (χ1v) is 6.28. The van der Waals surface area contributed by atoms with Crippen molar-refractivity contribution in [1.82, 2.24) is 5.32 Å². The first kappa shape index (κ1) is 14.0. The second kappa shape index (κ2) is 5.68. The van der Waals surface area contributed by atoms with Crippen molar-refractivity contribution in [3.8, 4) is 0 Å². The van der Waals surface area contributed by atoms with E-state index in [-0.39, 0.29) is 6.04 Å². The predicted octanol–water partition coefficient (Wildman–Crippen LogP) is 4.24. The zero-order valence-electron chi connectivity index (χ0n) is 10.7. The normalized spacial score (nSPS) is 12.5. The Balaban J connectivity index is 2.49. The Kier molecular flexibility index (Phi) is 4.17. The number of halogens is 3. The molecule has 19 heavy (non-hydrogen) atoms. The van der Waals surface area contributed by atoms with Crippen LogP contribution in [0.15, 0.2) is 36.4 Å². The van der Waals surface area contributed by atoms with Crippen LogP contribution in [-0.4, -0.2) is 7.05 Å². The first-order valence-electron chi connectivity index (χ1n) is 5.90. The van der Waals surface area contributed by atoms with Crippen LogP contribution in [0.2, 0.25) is 5.02 Å². The molecule has 0 aliphatic heterocycles. The Labute approximate surface area is 116 Å². The maximum atomic E-state index is 13.3. The Bertz CT molecular complexity index is 507. The maximum absolute atomic E-state index is 13.3. The molecule has 0 aliphatic rings. The van der Waals surface area contributed by atoms with E-state index in [4.69, 9.17) is 11.6 Å². The van der Waals surface area contributed by atoms with E-state index >= 15 is 0 Å². The van der Waals surface area contributed by atoms with E-state index < -0.39 is 11.6 Å². The highest BCUT2D eigenvalue weighted by Gasteiger charge is 2.15. The Morgan fingerprint density at radius 1 is 0.947 bits per heavy atom. The van der Waals surface area contributed by atoms with E-state index in [0.29, 0.717) is 10.6 Å². The number of hydrogen-bond donors (Lipinski definition) is 1. The van der Waals surface area contributed by atoms with Crippen molar-refractivity contribution < 1.29 is 8.78 Å². The molecule has 0 heterocycles.